The Bertz CT molecular complexity index is 478. The van der Waals surface area contributed by atoms with E-state index < -0.39 is 4.92 Å². The topological polar surface area (TPSA) is 77.3 Å². The third kappa shape index (κ3) is 2.28. The van der Waals surface area contributed by atoms with Crippen LogP contribution in [0.1, 0.15) is 26.0 Å². The zero-order valence-corrected chi connectivity index (χ0v) is 10.8. The summed E-state index contributed by atoms with van der Waals surface area (Å²) in [6, 6.07) is 3.12. The van der Waals surface area contributed by atoms with Crippen molar-refractivity contribution in [2.24, 2.45) is 0 Å². The predicted molar refractivity (Wildman–Crippen MR) is 67.7 cm³/mol. The quantitative estimate of drug-likeness (QED) is 0.658. The van der Waals surface area contributed by atoms with Gasteiger partial charge in [-0.05, 0) is 33.3 Å². The van der Waals surface area contributed by atoms with E-state index in [0.29, 0.717) is 11.5 Å². The number of ether oxygens (including phenoxy) is 1. The van der Waals surface area contributed by atoms with Crippen LogP contribution in [0.15, 0.2) is 12.1 Å². The highest BCUT2D eigenvalue weighted by Crippen LogP contribution is 2.29. The molecule has 0 bridgehead atoms. The van der Waals surface area contributed by atoms with Gasteiger partial charge in [-0.15, -0.1) is 0 Å². The Morgan fingerprint density at radius 1 is 1.61 bits per heavy atom. The van der Waals surface area contributed by atoms with Crippen molar-refractivity contribution >= 4 is 11.5 Å². The summed E-state index contributed by atoms with van der Waals surface area (Å²) in [6.07, 6.45) is 0.987. The third-order valence-electron chi connectivity index (χ3n) is 3.55. The first-order chi connectivity index (χ1) is 8.42. The summed E-state index contributed by atoms with van der Waals surface area (Å²) in [4.78, 5) is 14.5. The van der Waals surface area contributed by atoms with Gasteiger partial charge < -0.3 is 10.1 Å². The van der Waals surface area contributed by atoms with Crippen LogP contribution in [-0.4, -0.2) is 28.2 Å². The average molecular weight is 251 g/mol. The summed E-state index contributed by atoms with van der Waals surface area (Å²) in [5, 5.41) is 14.0. The number of aryl methyl sites for hydroxylation is 1. The molecule has 0 aromatic carbocycles. The van der Waals surface area contributed by atoms with Crippen molar-refractivity contribution in [3.63, 3.8) is 0 Å². The van der Waals surface area contributed by atoms with Gasteiger partial charge in [-0.25, -0.2) is 4.98 Å². The zero-order valence-electron chi connectivity index (χ0n) is 10.8. The number of aromatic nitrogens is 1. The lowest BCUT2D eigenvalue weighted by Crippen LogP contribution is -2.41. The molecule has 1 aliphatic heterocycles. The van der Waals surface area contributed by atoms with E-state index >= 15 is 0 Å². The molecule has 2 unspecified atom stereocenters. The Hall–Kier alpha value is -1.69. The lowest BCUT2D eigenvalue weighted by Gasteiger charge is -2.29. The number of anilines is 1. The molecule has 1 N–H and O–H groups in total. The Morgan fingerprint density at radius 3 is 2.83 bits per heavy atom. The Balaban J connectivity index is 2.20. The van der Waals surface area contributed by atoms with Crippen LogP contribution in [0.3, 0.4) is 0 Å². The molecule has 98 valence electrons. The van der Waals surface area contributed by atoms with Crippen LogP contribution >= 0.6 is 0 Å². The molecule has 0 amide bonds. The van der Waals surface area contributed by atoms with Gasteiger partial charge in [0, 0.05) is 12.7 Å². The smallest absolute Gasteiger partial charge is 0.290 e. The molecular weight excluding hydrogens is 234 g/mol. The van der Waals surface area contributed by atoms with E-state index in [0.717, 1.165) is 13.0 Å². The average Bonchev–Trinajstić information content (AvgIpc) is 2.58. The number of nitrogens with zero attached hydrogens (tertiary/aromatic N) is 2. The minimum absolute atomic E-state index is 0.0430. The lowest BCUT2D eigenvalue weighted by molar-refractivity contribution is -0.385. The van der Waals surface area contributed by atoms with Crippen molar-refractivity contribution in [2.45, 2.75) is 38.8 Å². The molecule has 1 aromatic heterocycles. The van der Waals surface area contributed by atoms with E-state index in [9.17, 15) is 10.1 Å². The molecule has 2 atom stereocenters. The summed E-state index contributed by atoms with van der Waals surface area (Å²) in [5.41, 5.74) is 0.289. The van der Waals surface area contributed by atoms with Crippen LogP contribution < -0.4 is 5.32 Å². The molecule has 1 aromatic rings. The van der Waals surface area contributed by atoms with Gasteiger partial charge in [0.2, 0.25) is 0 Å². The maximum atomic E-state index is 10.7. The van der Waals surface area contributed by atoms with E-state index in [4.69, 9.17) is 4.74 Å². The molecule has 0 spiro atoms. The highest BCUT2D eigenvalue weighted by atomic mass is 16.6. The molecule has 0 aliphatic carbocycles. The fourth-order valence-corrected chi connectivity index (χ4v) is 2.11. The van der Waals surface area contributed by atoms with Crippen LogP contribution in [0, 0.1) is 17.0 Å². The first-order valence-corrected chi connectivity index (χ1v) is 5.94. The minimum Gasteiger partial charge on any atom is -0.376 e. The van der Waals surface area contributed by atoms with Gasteiger partial charge in [-0.2, -0.15) is 0 Å². The van der Waals surface area contributed by atoms with Crippen LogP contribution in [-0.2, 0) is 4.74 Å². The number of nitro groups is 1. The fraction of sp³-hybridized carbons (Fsp3) is 0.583. The van der Waals surface area contributed by atoms with Gasteiger partial charge >= 0.3 is 0 Å². The van der Waals surface area contributed by atoms with E-state index in [-0.39, 0.29) is 17.3 Å². The highest BCUT2D eigenvalue weighted by Gasteiger charge is 2.37. The van der Waals surface area contributed by atoms with Gasteiger partial charge in [-0.3, -0.25) is 10.1 Å². The normalized spacial score (nSPS) is 27.2. The molecule has 2 rings (SSSR count). The second kappa shape index (κ2) is 4.53. The van der Waals surface area contributed by atoms with Crippen LogP contribution in [0.4, 0.5) is 11.5 Å². The maximum Gasteiger partial charge on any atom is 0.290 e. The molecule has 1 aliphatic rings. The van der Waals surface area contributed by atoms with Gasteiger partial charge in [0.1, 0.15) is 11.5 Å². The second-order valence-electron chi connectivity index (χ2n) is 4.86. The number of rotatable bonds is 3. The molecule has 0 radical (unpaired) electrons. The zero-order chi connectivity index (χ0) is 13.3. The van der Waals surface area contributed by atoms with Gasteiger partial charge in [0.15, 0.2) is 0 Å². The fourth-order valence-electron chi connectivity index (χ4n) is 2.11. The van der Waals surface area contributed by atoms with Crippen molar-refractivity contribution in [2.75, 3.05) is 11.9 Å². The predicted octanol–water partition coefficient (Wildman–Crippen LogP) is 2.28. The van der Waals surface area contributed by atoms with Crippen LogP contribution in [0.5, 0.6) is 0 Å². The summed E-state index contributed by atoms with van der Waals surface area (Å²) < 4.78 is 5.53. The number of hydrogen-bond acceptors (Lipinski definition) is 5. The highest BCUT2D eigenvalue weighted by molar-refractivity contribution is 5.46. The first-order valence-electron chi connectivity index (χ1n) is 5.94. The summed E-state index contributed by atoms with van der Waals surface area (Å²) in [5.74, 6) is 0.651. The molecule has 1 saturated heterocycles. The van der Waals surface area contributed by atoms with Gasteiger partial charge in [-0.1, -0.05) is 0 Å². The van der Waals surface area contributed by atoms with Crippen molar-refractivity contribution in [1.29, 1.82) is 0 Å². The molecule has 6 heteroatoms. The summed E-state index contributed by atoms with van der Waals surface area (Å²) in [7, 11) is 0. The molecule has 6 nitrogen and oxygen atoms in total. The van der Waals surface area contributed by atoms with Crippen LogP contribution in [0.2, 0.25) is 0 Å². The van der Waals surface area contributed by atoms with Crippen molar-refractivity contribution in [3.05, 3.63) is 27.9 Å². The Labute approximate surface area is 106 Å². The number of pyridine rings is 1. The van der Waals surface area contributed by atoms with Crippen molar-refractivity contribution < 1.29 is 9.66 Å². The van der Waals surface area contributed by atoms with E-state index in [1.807, 2.05) is 6.92 Å². The van der Waals surface area contributed by atoms with Crippen molar-refractivity contribution in [3.8, 4) is 0 Å². The Kier molecular flexibility index (Phi) is 3.21. The monoisotopic (exact) mass is 251 g/mol. The molecular formula is C12H17N3O3. The van der Waals surface area contributed by atoms with Crippen molar-refractivity contribution in [1.82, 2.24) is 4.98 Å². The number of nitrogens with one attached hydrogen (secondary N) is 1. The van der Waals surface area contributed by atoms with E-state index in [1.165, 1.54) is 6.07 Å². The standard InChI is InChI=1S/C12H17N3O3/c1-8-10(15(16)17)4-5-11(13-8)14-12(3)6-7-18-9(12)2/h4-5,9H,6-7H2,1-3H3,(H,13,14). The molecule has 1 fully saturated rings. The summed E-state index contributed by atoms with van der Waals surface area (Å²) in [6.45, 7) is 6.44. The maximum absolute atomic E-state index is 10.7. The molecule has 0 saturated carbocycles. The summed E-state index contributed by atoms with van der Waals surface area (Å²) >= 11 is 0. The lowest BCUT2D eigenvalue weighted by atomic mass is 9.95. The van der Waals surface area contributed by atoms with E-state index in [1.54, 1.807) is 13.0 Å². The van der Waals surface area contributed by atoms with Crippen LogP contribution in [0.25, 0.3) is 0 Å². The molecule has 2 heterocycles. The molecule has 18 heavy (non-hydrogen) atoms. The minimum atomic E-state index is -0.421. The van der Waals surface area contributed by atoms with Gasteiger partial charge in [0.25, 0.3) is 5.69 Å². The second-order valence-corrected chi connectivity index (χ2v) is 4.86. The SMILES string of the molecule is Cc1nc(NC2(C)CCOC2C)ccc1[N+](=O)[O-]. The number of hydrogen-bond donors (Lipinski definition) is 1. The largest absolute Gasteiger partial charge is 0.376 e. The van der Waals surface area contributed by atoms with Gasteiger partial charge in [0.05, 0.1) is 16.6 Å². The third-order valence-corrected chi connectivity index (χ3v) is 3.55. The van der Waals surface area contributed by atoms with E-state index in [2.05, 4.69) is 17.2 Å². The Morgan fingerprint density at radius 2 is 2.33 bits per heavy atom. The first kappa shape index (κ1) is 12.8.